The molecule has 100 valence electrons. The van der Waals surface area contributed by atoms with Gasteiger partial charge in [0, 0.05) is 7.11 Å². The molecular weight excluding hydrogens is 254 g/mol. The van der Waals surface area contributed by atoms with E-state index in [0.29, 0.717) is 0 Å². The first kappa shape index (κ1) is 14.8. The minimum atomic E-state index is -3.67. The van der Waals surface area contributed by atoms with Crippen LogP contribution in [0.3, 0.4) is 0 Å². The number of ether oxygens (including phenoxy) is 1. The van der Waals surface area contributed by atoms with Crippen LogP contribution in [0, 0.1) is 6.92 Å². The number of hydrogen-bond donors (Lipinski definition) is 1. The summed E-state index contributed by atoms with van der Waals surface area (Å²) in [5.74, 6) is -0.312. The quantitative estimate of drug-likeness (QED) is 0.833. The van der Waals surface area contributed by atoms with Crippen LogP contribution in [0.25, 0.3) is 0 Å². The number of Topliss-reactive ketones (excluding diaryl/α,β-unsaturated/α-hetero) is 1. The molecule has 0 radical (unpaired) electrons. The van der Waals surface area contributed by atoms with E-state index < -0.39 is 16.1 Å². The van der Waals surface area contributed by atoms with Crippen molar-refractivity contribution in [3.63, 3.8) is 0 Å². The molecule has 0 aliphatic rings. The van der Waals surface area contributed by atoms with Crippen LogP contribution in [-0.2, 0) is 19.6 Å². The summed E-state index contributed by atoms with van der Waals surface area (Å²) < 4.78 is 30.9. The molecule has 5 nitrogen and oxygen atoms in total. The summed E-state index contributed by atoms with van der Waals surface area (Å²) in [6.07, 6.45) is 0. The standard InChI is InChI=1S/C12H17NO4S/c1-9-4-6-11(7-5-9)18(15,16)13-10(2)12(14)8-17-3/h4-7,10,13H,8H2,1-3H3/t10-/m0/s1. The van der Waals surface area contributed by atoms with Gasteiger partial charge >= 0.3 is 0 Å². The van der Waals surface area contributed by atoms with Gasteiger partial charge in [0.05, 0.1) is 10.9 Å². The van der Waals surface area contributed by atoms with E-state index in [1.807, 2.05) is 6.92 Å². The molecule has 0 unspecified atom stereocenters. The first-order valence-corrected chi connectivity index (χ1v) is 6.96. The zero-order valence-corrected chi connectivity index (χ0v) is 11.5. The van der Waals surface area contributed by atoms with E-state index >= 15 is 0 Å². The van der Waals surface area contributed by atoms with Gasteiger partial charge in [-0.3, -0.25) is 4.79 Å². The Bertz CT molecular complexity index is 507. The molecule has 0 saturated heterocycles. The molecular formula is C12H17NO4S. The van der Waals surface area contributed by atoms with Crippen LogP contribution in [0.15, 0.2) is 29.2 Å². The van der Waals surface area contributed by atoms with Crippen LogP contribution in [0.4, 0.5) is 0 Å². The van der Waals surface area contributed by atoms with Crippen LogP contribution < -0.4 is 4.72 Å². The van der Waals surface area contributed by atoms with Gasteiger partial charge in [0.25, 0.3) is 0 Å². The summed E-state index contributed by atoms with van der Waals surface area (Å²) in [4.78, 5) is 11.6. The first-order valence-electron chi connectivity index (χ1n) is 5.47. The topological polar surface area (TPSA) is 72.5 Å². The molecule has 0 aliphatic heterocycles. The van der Waals surface area contributed by atoms with Crippen LogP contribution >= 0.6 is 0 Å². The fourth-order valence-corrected chi connectivity index (χ4v) is 2.58. The number of rotatable bonds is 6. The number of methoxy groups -OCH3 is 1. The molecule has 18 heavy (non-hydrogen) atoms. The molecule has 1 aromatic carbocycles. The van der Waals surface area contributed by atoms with Gasteiger partial charge in [0.2, 0.25) is 10.0 Å². The van der Waals surface area contributed by atoms with Crippen molar-refractivity contribution >= 4 is 15.8 Å². The molecule has 0 heterocycles. The molecule has 1 atom stereocenters. The normalized spacial score (nSPS) is 13.3. The average molecular weight is 271 g/mol. The summed E-state index contributed by atoms with van der Waals surface area (Å²) in [5, 5.41) is 0. The number of benzene rings is 1. The Balaban J connectivity index is 2.82. The van der Waals surface area contributed by atoms with Crippen molar-refractivity contribution in [2.24, 2.45) is 0 Å². The third kappa shape index (κ3) is 3.90. The third-order valence-corrected chi connectivity index (χ3v) is 3.99. The molecule has 6 heteroatoms. The second-order valence-corrected chi connectivity index (χ2v) is 5.77. The third-order valence-electron chi connectivity index (χ3n) is 2.43. The highest BCUT2D eigenvalue weighted by atomic mass is 32.2. The zero-order chi connectivity index (χ0) is 13.8. The fraction of sp³-hybridized carbons (Fsp3) is 0.417. The van der Waals surface area contributed by atoms with E-state index in [-0.39, 0.29) is 17.3 Å². The van der Waals surface area contributed by atoms with Gasteiger partial charge in [-0.2, -0.15) is 0 Å². The van der Waals surface area contributed by atoms with Crippen molar-refractivity contribution in [2.75, 3.05) is 13.7 Å². The minimum absolute atomic E-state index is 0.114. The van der Waals surface area contributed by atoms with E-state index in [1.54, 1.807) is 12.1 Å². The Hall–Kier alpha value is -1.24. The maximum absolute atomic E-state index is 12.0. The van der Waals surface area contributed by atoms with E-state index in [9.17, 15) is 13.2 Å². The Morgan fingerprint density at radius 2 is 1.89 bits per heavy atom. The highest BCUT2D eigenvalue weighted by Crippen LogP contribution is 2.10. The van der Waals surface area contributed by atoms with Gasteiger partial charge in [0.1, 0.15) is 6.61 Å². The summed E-state index contributed by atoms with van der Waals surface area (Å²) >= 11 is 0. The molecule has 0 amide bonds. The molecule has 0 spiro atoms. The number of nitrogens with one attached hydrogen (secondary N) is 1. The number of ketones is 1. The van der Waals surface area contributed by atoms with Crippen LogP contribution in [-0.4, -0.2) is 34.0 Å². The monoisotopic (exact) mass is 271 g/mol. The lowest BCUT2D eigenvalue weighted by molar-refractivity contribution is -0.123. The Morgan fingerprint density at radius 1 is 1.33 bits per heavy atom. The lowest BCUT2D eigenvalue weighted by Gasteiger charge is -2.13. The first-order chi connectivity index (χ1) is 8.36. The second-order valence-electron chi connectivity index (χ2n) is 4.06. The minimum Gasteiger partial charge on any atom is -0.377 e. The van der Waals surface area contributed by atoms with Crippen molar-refractivity contribution in [1.29, 1.82) is 0 Å². The maximum Gasteiger partial charge on any atom is 0.241 e. The number of carbonyl (C=O) groups excluding carboxylic acids is 1. The van der Waals surface area contributed by atoms with Gasteiger partial charge in [-0.05, 0) is 26.0 Å². The summed E-state index contributed by atoms with van der Waals surface area (Å²) in [6.45, 7) is 3.25. The maximum atomic E-state index is 12.0. The van der Waals surface area contributed by atoms with Crippen molar-refractivity contribution in [1.82, 2.24) is 4.72 Å². The SMILES string of the molecule is COCC(=O)[C@H](C)NS(=O)(=O)c1ccc(C)cc1. The lowest BCUT2D eigenvalue weighted by Crippen LogP contribution is -2.40. The number of sulfonamides is 1. The average Bonchev–Trinajstić information content (AvgIpc) is 2.29. The largest absolute Gasteiger partial charge is 0.377 e. The molecule has 0 saturated carbocycles. The lowest BCUT2D eigenvalue weighted by atomic mass is 10.2. The summed E-state index contributed by atoms with van der Waals surface area (Å²) in [5.41, 5.74) is 0.970. The Morgan fingerprint density at radius 3 is 2.39 bits per heavy atom. The van der Waals surface area contributed by atoms with Crippen LogP contribution in [0.1, 0.15) is 12.5 Å². The molecule has 1 N–H and O–H groups in total. The molecule has 0 bridgehead atoms. The van der Waals surface area contributed by atoms with Gasteiger partial charge in [-0.25, -0.2) is 13.1 Å². The van der Waals surface area contributed by atoms with Gasteiger partial charge in [-0.15, -0.1) is 0 Å². The van der Waals surface area contributed by atoms with Gasteiger partial charge in [0.15, 0.2) is 5.78 Å². The van der Waals surface area contributed by atoms with Crippen molar-refractivity contribution in [3.8, 4) is 0 Å². The van der Waals surface area contributed by atoms with Crippen LogP contribution in [0.2, 0.25) is 0 Å². The van der Waals surface area contributed by atoms with Crippen molar-refractivity contribution in [2.45, 2.75) is 24.8 Å². The van der Waals surface area contributed by atoms with Crippen molar-refractivity contribution < 1.29 is 17.9 Å². The molecule has 0 fully saturated rings. The molecule has 0 aromatic heterocycles. The smallest absolute Gasteiger partial charge is 0.241 e. The van der Waals surface area contributed by atoms with Gasteiger partial charge in [-0.1, -0.05) is 17.7 Å². The fourth-order valence-electron chi connectivity index (χ4n) is 1.35. The number of hydrogen-bond acceptors (Lipinski definition) is 4. The van der Waals surface area contributed by atoms with E-state index in [4.69, 9.17) is 0 Å². The van der Waals surface area contributed by atoms with E-state index in [0.717, 1.165) is 5.56 Å². The van der Waals surface area contributed by atoms with E-state index in [1.165, 1.54) is 26.2 Å². The van der Waals surface area contributed by atoms with Crippen LogP contribution in [0.5, 0.6) is 0 Å². The highest BCUT2D eigenvalue weighted by molar-refractivity contribution is 7.89. The summed E-state index contributed by atoms with van der Waals surface area (Å²) in [7, 11) is -2.28. The van der Waals surface area contributed by atoms with Gasteiger partial charge < -0.3 is 4.74 Å². The Labute approximate surface area is 107 Å². The predicted molar refractivity (Wildman–Crippen MR) is 67.8 cm³/mol. The number of carbonyl (C=O) groups is 1. The van der Waals surface area contributed by atoms with E-state index in [2.05, 4.69) is 9.46 Å². The molecule has 1 rings (SSSR count). The summed E-state index contributed by atoms with van der Waals surface area (Å²) in [6, 6.07) is 5.61. The zero-order valence-electron chi connectivity index (χ0n) is 10.6. The number of aryl methyl sites for hydroxylation is 1. The molecule has 0 aliphatic carbocycles. The second kappa shape index (κ2) is 6.08. The molecule has 1 aromatic rings. The Kier molecular flexibility index (Phi) is 5.01. The predicted octanol–water partition coefficient (Wildman–Crippen LogP) is 0.877. The van der Waals surface area contributed by atoms with Crippen molar-refractivity contribution in [3.05, 3.63) is 29.8 Å². The highest BCUT2D eigenvalue weighted by Gasteiger charge is 2.21.